The largest absolute Gasteiger partial charge is 0.489 e. The van der Waals surface area contributed by atoms with Crippen molar-refractivity contribution in [2.24, 2.45) is 0 Å². The summed E-state index contributed by atoms with van der Waals surface area (Å²) < 4.78 is 5.69. The standard InChI is InChI=1S/C18H19NO2/c1-19(2)13-12-18(20)16-8-10-17(11-9-16)21-14-15-6-4-3-5-7-15/h3-13H,14H2,1-2H3/b13-12+. The molecule has 0 saturated heterocycles. The van der Waals surface area contributed by atoms with Gasteiger partial charge in [-0.15, -0.1) is 0 Å². The van der Waals surface area contributed by atoms with Gasteiger partial charge < -0.3 is 9.64 Å². The van der Waals surface area contributed by atoms with Crippen LogP contribution in [0, 0.1) is 0 Å². The second-order valence-corrected chi connectivity index (χ2v) is 4.94. The Morgan fingerprint density at radius 1 is 1.05 bits per heavy atom. The predicted octanol–water partition coefficient (Wildman–Crippen LogP) is 3.52. The highest BCUT2D eigenvalue weighted by Crippen LogP contribution is 2.15. The van der Waals surface area contributed by atoms with Gasteiger partial charge in [0, 0.05) is 31.9 Å². The van der Waals surface area contributed by atoms with Crippen LogP contribution in [-0.2, 0) is 6.61 Å². The van der Waals surface area contributed by atoms with Crippen LogP contribution in [0.2, 0.25) is 0 Å². The van der Waals surface area contributed by atoms with Crippen molar-refractivity contribution >= 4 is 5.78 Å². The molecule has 0 aliphatic rings. The van der Waals surface area contributed by atoms with Gasteiger partial charge in [-0.2, -0.15) is 0 Å². The summed E-state index contributed by atoms with van der Waals surface area (Å²) in [5.74, 6) is 0.741. The van der Waals surface area contributed by atoms with Crippen molar-refractivity contribution in [3.8, 4) is 5.75 Å². The number of ether oxygens (including phenoxy) is 1. The smallest absolute Gasteiger partial charge is 0.187 e. The maximum Gasteiger partial charge on any atom is 0.187 e. The number of benzene rings is 2. The maximum atomic E-state index is 11.9. The molecule has 0 unspecified atom stereocenters. The van der Waals surface area contributed by atoms with Crippen LogP contribution in [0.5, 0.6) is 5.75 Å². The number of allylic oxidation sites excluding steroid dienone is 1. The summed E-state index contributed by atoms with van der Waals surface area (Å²) in [5.41, 5.74) is 1.77. The summed E-state index contributed by atoms with van der Waals surface area (Å²) in [6.07, 6.45) is 3.29. The highest BCUT2D eigenvalue weighted by atomic mass is 16.5. The first-order valence-corrected chi connectivity index (χ1v) is 6.81. The first kappa shape index (κ1) is 14.9. The van der Waals surface area contributed by atoms with Crippen LogP contribution in [0.15, 0.2) is 66.9 Å². The Kier molecular flexibility index (Phi) is 5.16. The minimum Gasteiger partial charge on any atom is -0.489 e. The lowest BCUT2D eigenvalue weighted by Crippen LogP contribution is -2.03. The fourth-order valence-corrected chi connectivity index (χ4v) is 1.77. The van der Waals surface area contributed by atoms with E-state index in [2.05, 4.69) is 0 Å². The third-order valence-electron chi connectivity index (χ3n) is 2.91. The predicted molar refractivity (Wildman–Crippen MR) is 84.4 cm³/mol. The lowest BCUT2D eigenvalue weighted by Gasteiger charge is -2.07. The van der Waals surface area contributed by atoms with Crippen molar-refractivity contribution in [2.75, 3.05) is 14.1 Å². The number of ketones is 1. The molecule has 2 aromatic carbocycles. The van der Waals surface area contributed by atoms with Crippen LogP contribution in [-0.4, -0.2) is 24.8 Å². The molecule has 0 aromatic heterocycles. The normalized spacial score (nSPS) is 10.6. The molecule has 3 heteroatoms. The molecule has 108 valence electrons. The Hall–Kier alpha value is -2.55. The zero-order valence-corrected chi connectivity index (χ0v) is 12.3. The van der Waals surface area contributed by atoms with E-state index in [-0.39, 0.29) is 5.78 Å². The van der Waals surface area contributed by atoms with Gasteiger partial charge in [-0.1, -0.05) is 30.3 Å². The summed E-state index contributed by atoms with van der Waals surface area (Å²) in [6, 6.07) is 17.2. The first-order chi connectivity index (χ1) is 10.1. The molecule has 0 heterocycles. The Labute approximate surface area is 125 Å². The zero-order valence-electron chi connectivity index (χ0n) is 12.3. The quantitative estimate of drug-likeness (QED) is 0.599. The average molecular weight is 281 g/mol. The van der Waals surface area contributed by atoms with Gasteiger partial charge in [-0.25, -0.2) is 0 Å². The third-order valence-corrected chi connectivity index (χ3v) is 2.91. The molecule has 0 spiro atoms. The van der Waals surface area contributed by atoms with E-state index in [0.717, 1.165) is 11.3 Å². The Balaban J connectivity index is 1.94. The molecule has 2 rings (SSSR count). The SMILES string of the molecule is CN(C)/C=C/C(=O)c1ccc(OCc2ccccc2)cc1. The summed E-state index contributed by atoms with van der Waals surface area (Å²) in [7, 11) is 3.76. The zero-order chi connectivity index (χ0) is 15.1. The summed E-state index contributed by atoms with van der Waals surface area (Å²) in [4.78, 5) is 13.7. The second-order valence-electron chi connectivity index (χ2n) is 4.94. The minimum atomic E-state index is -0.0155. The lowest BCUT2D eigenvalue weighted by molar-refractivity contribution is 0.104. The molecule has 0 amide bonds. The van der Waals surface area contributed by atoms with Gasteiger partial charge in [0.1, 0.15) is 12.4 Å². The molecule has 0 fully saturated rings. The Morgan fingerprint density at radius 2 is 1.71 bits per heavy atom. The van der Waals surface area contributed by atoms with E-state index in [1.165, 1.54) is 0 Å². The van der Waals surface area contributed by atoms with E-state index in [9.17, 15) is 4.79 Å². The van der Waals surface area contributed by atoms with Crippen LogP contribution in [0.25, 0.3) is 0 Å². The number of hydrogen-bond acceptors (Lipinski definition) is 3. The van der Waals surface area contributed by atoms with Crippen LogP contribution in [0.4, 0.5) is 0 Å². The third kappa shape index (κ3) is 4.80. The minimum absolute atomic E-state index is 0.0155. The number of nitrogens with zero attached hydrogens (tertiary/aromatic N) is 1. The summed E-state index contributed by atoms with van der Waals surface area (Å²) >= 11 is 0. The van der Waals surface area contributed by atoms with E-state index < -0.39 is 0 Å². The summed E-state index contributed by atoms with van der Waals surface area (Å²) in [5, 5.41) is 0. The van der Waals surface area contributed by atoms with Crippen molar-refractivity contribution in [2.45, 2.75) is 6.61 Å². The van der Waals surface area contributed by atoms with Crippen LogP contribution < -0.4 is 4.74 Å². The number of carbonyl (C=O) groups is 1. The molecular weight excluding hydrogens is 262 g/mol. The van der Waals surface area contributed by atoms with E-state index in [0.29, 0.717) is 12.2 Å². The number of hydrogen-bond donors (Lipinski definition) is 0. The molecule has 0 bridgehead atoms. The van der Waals surface area contributed by atoms with Gasteiger partial charge in [0.2, 0.25) is 0 Å². The molecule has 0 atom stereocenters. The van der Waals surface area contributed by atoms with Gasteiger partial charge in [0.25, 0.3) is 0 Å². The second kappa shape index (κ2) is 7.29. The van der Waals surface area contributed by atoms with Crippen molar-refractivity contribution in [3.63, 3.8) is 0 Å². The highest BCUT2D eigenvalue weighted by molar-refractivity contribution is 6.04. The van der Waals surface area contributed by atoms with Crippen molar-refractivity contribution < 1.29 is 9.53 Å². The van der Waals surface area contributed by atoms with Gasteiger partial charge in [-0.05, 0) is 29.8 Å². The Bertz CT molecular complexity index is 601. The number of rotatable bonds is 6. The van der Waals surface area contributed by atoms with Gasteiger partial charge in [-0.3, -0.25) is 4.79 Å². The maximum absolute atomic E-state index is 11.9. The summed E-state index contributed by atoms with van der Waals surface area (Å²) in [6.45, 7) is 0.522. The molecule has 0 saturated carbocycles. The van der Waals surface area contributed by atoms with E-state index in [1.54, 1.807) is 24.4 Å². The van der Waals surface area contributed by atoms with Crippen LogP contribution in [0.3, 0.4) is 0 Å². The molecule has 0 N–H and O–H groups in total. The van der Waals surface area contributed by atoms with E-state index in [4.69, 9.17) is 4.74 Å². The monoisotopic (exact) mass is 281 g/mol. The lowest BCUT2D eigenvalue weighted by atomic mass is 10.1. The molecule has 21 heavy (non-hydrogen) atoms. The Morgan fingerprint density at radius 3 is 2.33 bits per heavy atom. The van der Waals surface area contributed by atoms with Crippen molar-refractivity contribution in [1.82, 2.24) is 4.90 Å². The molecular formula is C18H19NO2. The fourth-order valence-electron chi connectivity index (χ4n) is 1.77. The van der Waals surface area contributed by atoms with Crippen molar-refractivity contribution in [1.29, 1.82) is 0 Å². The molecule has 2 aromatic rings. The van der Waals surface area contributed by atoms with Crippen LogP contribution in [0.1, 0.15) is 15.9 Å². The van der Waals surface area contributed by atoms with Gasteiger partial charge in [0.05, 0.1) is 0 Å². The fraction of sp³-hybridized carbons (Fsp3) is 0.167. The molecule has 0 radical (unpaired) electrons. The molecule has 0 aliphatic carbocycles. The molecule has 0 aliphatic heterocycles. The highest BCUT2D eigenvalue weighted by Gasteiger charge is 2.02. The van der Waals surface area contributed by atoms with E-state index in [1.807, 2.05) is 61.5 Å². The molecule has 3 nitrogen and oxygen atoms in total. The van der Waals surface area contributed by atoms with Crippen LogP contribution >= 0.6 is 0 Å². The topological polar surface area (TPSA) is 29.5 Å². The van der Waals surface area contributed by atoms with Crippen molar-refractivity contribution in [3.05, 3.63) is 78.0 Å². The van der Waals surface area contributed by atoms with E-state index >= 15 is 0 Å². The number of carbonyl (C=O) groups excluding carboxylic acids is 1. The van der Waals surface area contributed by atoms with Gasteiger partial charge >= 0.3 is 0 Å². The first-order valence-electron chi connectivity index (χ1n) is 6.81. The van der Waals surface area contributed by atoms with Gasteiger partial charge in [0.15, 0.2) is 5.78 Å². The average Bonchev–Trinajstić information content (AvgIpc) is 2.52.